The van der Waals surface area contributed by atoms with Gasteiger partial charge in [0, 0.05) is 5.56 Å². The molecule has 0 aliphatic rings. The number of aromatic nitrogens is 2. The molecular weight excluding hydrogens is 353 g/mol. The topological polar surface area (TPSA) is 57.8 Å². The molecule has 26 heavy (non-hydrogen) atoms. The van der Waals surface area contributed by atoms with E-state index in [0.29, 0.717) is 11.5 Å². The second kappa shape index (κ2) is 6.61. The summed E-state index contributed by atoms with van der Waals surface area (Å²) in [6.07, 6.45) is 0. The van der Waals surface area contributed by atoms with E-state index in [-0.39, 0.29) is 10.6 Å². The van der Waals surface area contributed by atoms with Crippen LogP contribution >= 0.6 is 11.6 Å². The molecule has 0 bridgehead atoms. The van der Waals surface area contributed by atoms with Gasteiger partial charge in [0.25, 0.3) is 5.91 Å². The van der Waals surface area contributed by atoms with Gasteiger partial charge >= 0.3 is 0 Å². The van der Waals surface area contributed by atoms with Crippen LogP contribution in [-0.4, -0.2) is 15.9 Å². The van der Waals surface area contributed by atoms with E-state index in [1.54, 1.807) is 6.07 Å². The van der Waals surface area contributed by atoms with Crippen LogP contribution in [0.2, 0.25) is 5.02 Å². The summed E-state index contributed by atoms with van der Waals surface area (Å²) in [5, 5.41) is 2.88. The molecule has 1 amide bonds. The summed E-state index contributed by atoms with van der Waals surface area (Å²) in [5.74, 6) is -0.264. The summed E-state index contributed by atoms with van der Waals surface area (Å²) < 4.78 is 13.2. The molecule has 0 atom stereocenters. The monoisotopic (exact) mass is 365 g/mol. The Morgan fingerprint density at radius 3 is 2.62 bits per heavy atom. The Morgan fingerprint density at radius 2 is 1.81 bits per heavy atom. The number of hydrogen-bond acceptors (Lipinski definition) is 2. The highest BCUT2D eigenvalue weighted by atomic mass is 35.5. The Kier molecular flexibility index (Phi) is 4.14. The summed E-state index contributed by atoms with van der Waals surface area (Å²) in [5.41, 5.74) is 3.27. The predicted octanol–water partition coefficient (Wildman–Crippen LogP) is 5.27. The molecule has 4 rings (SSSR count). The number of hydrogen-bond donors (Lipinski definition) is 2. The van der Waals surface area contributed by atoms with Crippen LogP contribution in [-0.2, 0) is 0 Å². The SMILES string of the molecule is O=C(Nc1ccccc1-c1nc2ccccc2[nH]1)c1ccc(F)cc1Cl. The number of anilines is 1. The van der Waals surface area contributed by atoms with Crippen LogP contribution in [0.3, 0.4) is 0 Å². The molecule has 0 aliphatic heterocycles. The van der Waals surface area contributed by atoms with Crippen LogP contribution in [0.4, 0.5) is 10.1 Å². The minimum absolute atomic E-state index is 0.0590. The number of halogens is 2. The lowest BCUT2D eigenvalue weighted by Gasteiger charge is -2.10. The molecule has 0 saturated carbocycles. The number of imidazole rings is 1. The van der Waals surface area contributed by atoms with E-state index in [4.69, 9.17) is 11.6 Å². The number of nitrogens with zero attached hydrogens (tertiary/aromatic N) is 1. The van der Waals surface area contributed by atoms with Gasteiger partial charge in [0.05, 0.1) is 27.3 Å². The summed E-state index contributed by atoms with van der Waals surface area (Å²) in [6, 6.07) is 18.7. The molecular formula is C20H13ClFN3O. The Morgan fingerprint density at radius 1 is 1.04 bits per heavy atom. The van der Waals surface area contributed by atoms with E-state index in [1.807, 2.05) is 42.5 Å². The van der Waals surface area contributed by atoms with Gasteiger partial charge in [-0.2, -0.15) is 0 Å². The van der Waals surface area contributed by atoms with Gasteiger partial charge in [0.1, 0.15) is 11.6 Å². The highest BCUT2D eigenvalue weighted by molar-refractivity contribution is 6.34. The zero-order chi connectivity index (χ0) is 18.1. The van der Waals surface area contributed by atoms with Crippen molar-refractivity contribution in [2.45, 2.75) is 0 Å². The number of fused-ring (bicyclic) bond motifs is 1. The number of para-hydroxylation sites is 3. The average Bonchev–Trinajstić information content (AvgIpc) is 3.06. The molecule has 6 heteroatoms. The standard InChI is InChI=1S/C20H13ClFN3O/c21-15-11-12(22)9-10-13(15)20(26)25-16-6-2-1-5-14(16)19-23-17-7-3-4-8-18(17)24-19/h1-11H,(H,23,24)(H,25,26). The zero-order valence-corrected chi connectivity index (χ0v) is 14.2. The van der Waals surface area contributed by atoms with Crippen molar-refractivity contribution in [2.75, 3.05) is 5.32 Å². The molecule has 2 N–H and O–H groups in total. The van der Waals surface area contributed by atoms with Crippen molar-refractivity contribution in [3.63, 3.8) is 0 Å². The molecule has 0 spiro atoms. The maximum atomic E-state index is 13.2. The molecule has 1 aromatic heterocycles. The maximum absolute atomic E-state index is 13.2. The first kappa shape index (κ1) is 16.3. The number of aromatic amines is 1. The number of rotatable bonds is 3. The lowest BCUT2D eigenvalue weighted by Crippen LogP contribution is -2.13. The minimum atomic E-state index is -0.491. The second-order valence-corrected chi connectivity index (χ2v) is 6.13. The van der Waals surface area contributed by atoms with Crippen LogP contribution in [0.15, 0.2) is 66.7 Å². The molecule has 4 nitrogen and oxygen atoms in total. The van der Waals surface area contributed by atoms with E-state index in [2.05, 4.69) is 15.3 Å². The van der Waals surface area contributed by atoms with Crippen molar-refractivity contribution in [3.05, 3.63) is 83.1 Å². The van der Waals surface area contributed by atoms with Gasteiger partial charge < -0.3 is 10.3 Å². The summed E-state index contributed by atoms with van der Waals surface area (Å²) >= 11 is 5.98. The fraction of sp³-hybridized carbons (Fsp3) is 0. The average molecular weight is 366 g/mol. The third kappa shape index (κ3) is 3.05. The van der Waals surface area contributed by atoms with Gasteiger partial charge in [-0.25, -0.2) is 9.37 Å². The van der Waals surface area contributed by atoms with Crippen LogP contribution in [0.5, 0.6) is 0 Å². The number of H-pyrrole nitrogens is 1. The van der Waals surface area contributed by atoms with Gasteiger partial charge in [0.15, 0.2) is 0 Å². The van der Waals surface area contributed by atoms with Gasteiger partial charge in [-0.1, -0.05) is 35.9 Å². The van der Waals surface area contributed by atoms with E-state index in [0.717, 1.165) is 22.7 Å². The molecule has 3 aromatic carbocycles. The van der Waals surface area contributed by atoms with Crippen molar-refractivity contribution in [2.24, 2.45) is 0 Å². The van der Waals surface area contributed by atoms with E-state index >= 15 is 0 Å². The first-order chi connectivity index (χ1) is 12.6. The van der Waals surface area contributed by atoms with Crippen molar-refractivity contribution in [1.29, 1.82) is 0 Å². The van der Waals surface area contributed by atoms with Crippen molar-refractivity contribution in [1.82, 2.24) is 9.97 Å². The number of benzene rings is 3. The number of carbonyl (C=O) groups is 1. The summed E-state index contributed by atoms with van der Waals surface area (Å²) in [6.45, 7) is 0. The van der Waals surface area contributed by atoms with E-state index in [9.17, 15) is 9.18 Å². The molecule has 128 valence electrons. The highest BCUT2D eigenvalue weighted by Crippen LogP contribution is 2.28. The summed E-state index contributed by atoms with van der Waals surface area (Å²) in [7, 11) is 0. The molecule has 0 unspecified atom stereocenters. The fourth-order valence-corrected chi connectivity index (χ4v) is 3.00. The van der Waals surface area contributed by atoms with Crippen molar-refractivity contribution in [3.8, 4) is 11.4 Å². The lowest BCUT2D eigenvalue weighted by molar-refractivity contribution is 0.102. The van der Waals surface area contributed by atoms with Crippen molar-refractivity contribution >= 4 is 34.2 Å². The van der Waals surface area contributed by atoms with Crippen LogP contribution in [0, 0.1) is 5.82 Å². The third-order valence-corrected chi connectivity index (χ3v) is 4.31. The molecule has 0 fully saturated rings. The number of carbonyl (C=O) groups excluding carboxylic acids is 1. The largest absolute Gasteiger partial charge is 0.338 e. The van der Waals surface area contributed by atoms with E-state index in [1.165, 1.54) is 12.1 Å². The molecule has 1 heterocycles. The molecule has 4 aromatic rings. The second-order valence-electron chi connectivity index (χ2n) is 5.73. The number of amides is 1. The summed E-state index contributed by atoms with van der Waals surface area (Å²) in [4.78, 5) is 20.4. The fourth-order valence-electron chi connectivity index (χ4n) is 2.74. The Balaban J connectivity index is 1.70. The Labute approximate surface area is 153 Å². The quantitative estimate of drug-likeness (QED) is 0.519. The molecule has 0 saturated heterocycles. The normalized spacial score (nSPS) is 10.8. The van der Waals surface area contributed by atoms with Gasteiger partial charge in [-0.3, -0.25) is 4.79 Å². The smallest absolute Gasteiger partial charge is 0.257 e. The van der Waals surface area contributed by atoms with Crippen LogP contribution in [0.25, 0.3) is 22.4 Å². The Bertz CT molecular complexity index is 1090. The van der Waals surface area contributed by atoms with Crippen LogP contribution in [0.1, 0.15) is 10.4 Å². The van der Waals surface area contributed by atoms with Crippen LogP contribution < -0.4 is 5.32 Å². The van der Waals surface area contributed by atoms with Crippen molar-refractivity contribution < 1.29 is 9.18 Å². The minimum Gasteiger partial charge on any atom is -0.338 e. The van der Waals surface area contributed by atoms with E-state index < -0.39 is 11.7 Å². The van der Waals surface area contributed by atoms with Gasteiger partial charge in [-0.15, -0.1) is 0 Å². The molecule has 0 aliphatic carbocycles. The van der Waals surface area contributed by atoms with Gasteiger partial charge in [0.2, 0.25) is 0 Å². The number of nitrogens with one attached hydrogen (secondary N) is 2. The first-order valence-corrected chi connectivity index (χ1v) is 8.30. The third-order valence-electron chi connectivity index (χ3n) is 4.00. The maximum Gasteiger partial charge on any atom is 0.257 e. The van der Waals surface area contributed by atoms with Gasteiger partial charge in [-0.05, 0) is 42.5 Å². The lowest BCUT2D eigenvalue weighted by atomic mass is 10.1. The Hall–Kier alpha value is -3.18. The zero-order valence-electron chi connectivity index (χ0n) is 13.5. The molecule has 0 radical (unpaired) electrons. The predicted molar refractivity (Wildman–Crippen MR) is 101 cm³/mol. The first-order valence-electron chi connectivity index (χ1n) is 7.92. The highest BCUT2D eigenvalue weighted by Gasteiger charge is 2.15.